The Morgan fingerprint density at radius 2 is 1.00 bits per heavy atom. The van der Waals surface area contributed by atoms with E-state index in [1.807, 2.05) is 0 Å². The zero-order valence-corrected chi connectivity index (χ0v) is 17.4. The first kappa shape index (κ1) is 22.4. The Morgan fingerprint density at radius 3 is 1.26 bits per heavy atom. The number of hydrogen-bond donors (Lipinski definition) is 2. The van der Waals surface area contributed by atoms with Crippen LogP contribution in [0.5, 0.6) is 11.5 Å². The number of benzene rings is 2. The summed E-state index contributed by atoms with van der Waals surface area (Å²) in [5, 5.41) is 17.5. The van der Waals surface area contributed by atoms with E-state index in [0.29, 0.717) is 0 Å². The fourth-order valence-corrected chi connectivity index (χ4v) is 4.91. The standard InChI is InChI=1S/C16H14Cl4O6S/c17-11-5-9(6-12(18)15(11)25-3-1-21)27(23,24)10-7-13(19)16(14(20)8-10)26-4-2-22/h5-8,21-22H,1-4H2. The molecule has 0 aliphatic carbocycles. The third-order valence-electron chi connectivity index (χ3n) is 3.24. The van der Waals surface area contributed by atoms with Crippen molar-refractivity contribution in [2.45, 2.75) is 9.79 Å². The molecule has 0 unspecified atom stereocenters. The second kappa shape index (κ2) is 9.52. The van der Waals surface area contributed by atoms with Gasteiger partial charge in [0, 0.05) is 0 Å². The third kappa shape index (κ3) is 5.12. The summed E-state index contributed by atoms with van der Waals surface area (Å²) in [4.78, 5) is -0.380. The summed E-state index contributed by atoms with van der Waals surface area (Å²) in [7, 11) is -4.05. The van der Waals surface area contributed by atoms with Crippen LogP contribution >= 0.6 is 46.4 Å². The lowest BCUT2D eigenvalue weighted by atomic mass is 10.3. The average molecular weight is 476 g/mol. The van der Waals surface area contributed by atoms with Crippen molar-refractivity contribution in [3.8, 4) is 11.5 Å². The summed E-state index contributed by atoms with van der Waals surface area (Å²) < 4.78 is 36.2. The van der Waals surface area contributed by atoms with Crippen molar-refractivity contribution in [3.63, 3.8) is 0 Å². The van der Waals surface area contributed by atoms with Gasteiger partial charge < -0.3 is 19.7 Å². The van der Waals surface area contributed by atoms with Crippen LogP contribution in [0.2, 0.25) is 20.1 Å². The van der Waals surface area contributed by atoms with Crippen LogP contribution in [0.3, 0.4) is 0 Å². The maximum atomic E-state index is 12.9. The van der Waals surface area contributed by atoms with Crippen LogP contribution in [0.4, 0.5) is 0 Å². The molecule has 148 valence electrons. The largest absolute Gasteiger partial charge is 0.488 e. The van der Waals surface area contributed by atoms with Gasteiger partial charge in [-0.2, -0.15) is 0 Å². The molecule has 0 saturated heterocycles. The van der Waals surface area contributed by atoms with Crippen molar-refractivity contribution in [1.82, 2.24) is 0 Å². The molecule has 0 saturated carbocycles. The van der Waals surface area contributed by atoms with Crippen LogP contribution in [0, 0.1) is 0 Å². The van der Waals surface area contributed by atoms with E-state index in [0.717, 1.165) is 0 Å². The molecule has 0 heterocycles. The van der Waals surface area contributed by atoms with Crippen molar-refractivity contribution in [2.75, 3.05) is 26.4 Å². The SMILES string of the molecule is O=S(=O)(c1cc(Cl)c(OCCO)c(Cl)c1)c1cc(Cl)c(OCCO)c(Cl)c1. The molecule has 0 aliphatic rings. The molecule has 27 heavy (non-hydrogen) atoms. The quantitative estimate of drug-likeness (QED) is 0.601. The van der Waals surface area contributed by atoms with Gasteiger partial charge in [0.25, 0.3) is 0 Å². The van der Waals surface area contributed by atoms with Gasteiger partial charge in [-0.3, -0.25) is 0 Å². The number of rotatable bonds is 8. The van der Waals surface area contributed by atoms with Gasteiger partial charge in [0.2, 0.25) is 9.84 Å². The molecule has 2 aromatic rings. The second-order valence-electron chi connectivity index (χ2n) is 5.08. The van der Waals surface area contributed by atoms with Crippen LogP contribution < -0.4 is 9.47 Å². The van der Waals surface area contributed by atoms with Crippen molar-refractivity contribution in [3.05, 3.63) is 44.4 Å². The fraction of sp³-hybridized carbons (Fsp3) is 0.250. The summed E-state index contributed by atoms with van der Waals surface area (Å²) in [5.74, 6) is 0.130. The Balaban J connectivity index is 2.47. The number of halogens is 4. The highest BCUT2D eigenvalue weighted by Gasteiger charge is 2.24. The molecule has 6 nitrogen and oxygen atoms in total. The summed E-state index contributed by atoms with van der Waals surface area (Å²) in [5.41, 5.74) is 0. The van der Waals surface area contributed by atoms with E-state index in [-0.39, 0.29) is 67.8 Å². The van der Waals surface area contributed by atoms with Crippen molar-refractivity contribution in [2.24, 2.45) is 0 Å². The van der Waals surface area contributed by atoms with Gasteiger partial charge in [-0.1, -0.05) is 46.4 Å². The van der Waals surface area contributed by atoms with Crippen LogP contribution in [0.15, 0.2) is 34.1 Å². The third-order valence-corrected chi connectivity index (χ3v) is 6.08. The van der Waals surface area contributed by atoms with Gasteiger partial charge in [0.05, 0.1) is 43.1 Å². The zero-order valence-electron chi connectivity index (χ0n) is 13.6. The van der Waals surface area contributed by atoms with E-state index >= 15 is 0 Å². The van der Waals surface area contributed by atoms with Crippen molar-refractivity contribution >= 4 is 56.2 Å². The topological polar surface area (TPSA) is 93.1 Å². The molecule has 11 heteroatoms. The van der Waals surface area contributed by atoms with Gasteiger partial charge >= 0.3 is 0 Å². The molecule has 0 spiro atoms. The molecule has 0 aromatic heterocycles. The van der Waals surface area contributed by atoms with Crippen LogP contribution in [-0.4, -0.2) is 45.1 Å². The predicted molar refractivity (Wildman–Crippen MR) is 104 cm³/mol. The lowest BCUT2D eigenvalue weighted by molar-refractivity contribution is 0.201. The van der Waals surface area contributed by atoms with E-state index in [1.165, 1.54) is 24.3 Å². The maximum Gasteiger partial charge on any atom is 0.206 e. The van der Waals surface area contributed by atoms with Crippen LogP contribution in [-0.2, 0) is 9.84 Å². The average Bonchev–Trinajstić information content (AvgIpc) is 2.60. The minimum Gasteiger partial charge on any atom is -0.488 e. The Bertz CT molecular complexity index is 817. The number of ether oxygens (including phenoxy) is 2. The highest BCUT2D eigenvalue weighted by molar-refractivity contribution is 7.91. The van der Waals surface area contributed by atoms with Crippen LogP contribution in [0.25, 0.3) is 0 Å². The molecular formula is C16H14Cl4O6S. The summed E-state index contributed by atoms with van der Waals surface area (Å²) >= 11 is 24.2. The molecule has 2 N–H and O–H groups in total. The van der Waals surface area contributed by atoms with Gasteiger partial charge in [-0.05, 0) is 24.3 Å². The van der Waals surface area contributed by atoms with Crippen LogP contribution in [0.1, 0.15) is 0 Å². The molecule has 0 bridgehead atoms. The molecule has 2 aromatic carbocycles. The van der Waals surface area contributed by atoms with Gasteiger partial charge in [0.1, 0.15) is 13.2 Å². The lowest BCUT2D eigenvalue weighted by Gasteiger charge is -2.13. The summed E-state index contributed by atoms with van der Waals surface area (Å²) in [6.07, 6.45) is 0. The zero-order chi connectivity index (χ0) is 20.2. The Hall–Kier alpha value is -0.930. The van der Waals surface area contributed by atoms with Gasteiger partial charge in [0.15, 0.2) is 11.5 Å². The number of sulfone groups is 1. The first-order valence-electron chi connectivity index (χ1n) is 7.42. The lowest BCUT2D eigenvalue weighted by Crippen LogP contribution is -2.07. The van der Waals surface area contributed by atoms with E-state index in [4.69, 9.17) is 66.1 Å². The molecule has 2 rings (SSSR count). The monoisotopic (exact) mass is 474 g/mol. The number of hydrogen-bond acceptors (Lipinski definition) is 6. The molecule has 0 aliphatic heterocycles. The molecule has 0 amide bonds. The normalized spacial score (nSPS) is 11.5. The Kier molecular flexibility index (Phi) is 7.88. The van der Waals surface area contributed by atoms with Crippen molar-refractivity contribution < 1.29 is 28.1 Å². The summed E-state index contributed by atoms with van der Waals surface area (Å²) in [6.45, 7) is -0.610. The summed E-state index contributed by atoms with van der Waals surface area (Å²) in [6, 6.07) is 4.70. The van der Waals surface area contributed by atoms with Gasteiger partial charge in [-0.15, -0.1) is 0 Å². The number of aliphatic hydroxyl groups is 2. The van der Waals surface area contributed by atoms with E-state index < -0.39 is 9.84 Å². The maximum absolute atomic E-state index is 12.9. The van der Waals surface area contributed by atoms with Crippen molar-refractivity contribution in [1.29, 1.82) is 0 Å². The molecule has 0 fully saturated rings. The minimum absolute atomic E-state index is 0.0328. The highest BCUT2D eigenvalue weighted by Crippen LogP contribution is 2.40. The molecule has 0 radical (unpaired) electrons. The van der Waals surface area contributed by atoms with E-state index in [2.05, 4.69) is 0 Å². The highest BCUT2D eigenvalue weighted by atomic mass is 35.5. The first-order chi connectivity index (χ1) is 12.7. The predicted octanol–water partition coefficient (Wildman–Crippen LogP) is 3.88. The Morgan fingerprint density at radius 1 is 0.704 bits per heavy atom. The Labute approximate surface area is 176 Å². The number of aliphatic hydroxyl groups excluding tert-OH is 2. The van der Waals surface area contributed by atoms with E-state index in [1.54, 1.807) is 0 Å². The molecular weight excluding hydrogens is 462 g/mol. The second-order valence-corrected chi connectivity index (χ2v) is 8.66. The van der Waals surface area contributed by atoms with E-state index in [9.17, 15) is 8.42 Å². The smallest absolute Gasteiger partial charge is 0.206 e. The molecule has 0 atom stereocenters. The minimum atomic E-state index is -4.05. The van der Waals surface area contributed by atoms with Gasteiger partial charge in [-0.25, -0.2) is 8.42 Å². The first-order valence-corrected chi connectivity index (χ1v) is 10.4. The fourth-order valence-electron chi connectivity index (χ4n) is 2.09.